The number of benzene rings is 1. The van der Waals surface area contributed by atoms with Crippen LogP contribution in [0.3, 0.4) is 0 Å². The molecule has 1 aliphatic rings. The lowest BCUT2D eigenvalue weighted by molar-refractivity contribution is 0.270. The molecule has 0 bridgehead atoms. The highest BCUT2D eigenvalue weighted by molar-refractivity contribution is 5.44. The molecule has 0 spiro atoms. The maximum atomic E-state index is 9.47. The minimum absolute atomic E-state index is 0.221. The van der Waals surface area contributed by atoms with E-state index in [1.54, 1.807) is 13.2 Å². The van der Waals surface area contributed by atoms with Gasteiger partial charge in [-0.2, -0.15) is 0 Å². The van der Waals surface area contributed by atoms with Gasteiger partial charge in [0.25, 0.3) is 0 Å². The van der Waals surface area contributed by atoms with E-state index < -0.39 is 0 Å². The third kappa shape index (κ3) is 1.35. The van der Waals surface area contributed by atoms with E-state index in [9.17, 15) is 5.11 Å². The Morgan fingerprint density at radius 3 is 2.57 bits per heavy atom. The Morgan fingerprint density at radius 2 is 2.07 bits per heavy atom. The topological polar surface area (TPSA) is 29.5 Å². The van der Waals surface area contributed by atoms with Gasteiger partial charge in [-0.15, -0.1) is 0 Å². The third-order valence-electron chi connectivity index (χ3n) is 3.33. The summed E-state index contributed by atoms with van der Waals surface area (Å²) in [6.45, 7) is 2.27. The molecular formula is C12H16O2. The average molecular weight is 192 g/mol. The minimum atomic E-state index is 0.221. The molecule has 2 heteroatoms. The number of hydrogen-bond donors (Lipinski definition) is 1. The van der Waals surface area contributed by atoms with Crippen molar-refractivity contribution in [2.75, 3.05) is 7.11 Å². The highest BCUT2D eigenvalue weighted by Gasteiger charge is 2.33. The fraction of sp³-hybridized carbons (Fsp3) is 0.500. The van der Waals surface area contributed by atoms with Crippen LogP contribution in [0.5, 0.6) is 11.5 Å². The van der Waals surface area contributed by atoms with Crippen LogP contribution in [0.25, 0.3) is 0 Å². The van der Waals surface area contributed by atoms with Crippen LogP contribution in [0, 0.1) is 0 Å². The molecule has 0 aliphatic heterocycles. The van der Waals surface area contributed by atoms with Crippen LogP contribution in [0.1, 0.15) is 31.7 Å². The third-order valence-corrected chi connectivity index (χ3v) is 3.33. The second-order valence-electron chi connectivity index (χ2n) is 4.30. The first-order chi connectivity index (χ1) is 6.65. The fourth-order valence-electron chi connectivity index (χ4n) is 2.05. The van der Waals surface area contributed by atoms with Crippen LogP contribution < -0.4 is 4.74 Å². The zero-order valence-corrected chi connectivity index (χ0v) is 8.71. The van der Waals surface area contributed by atoms with E-state index in [0.717, 1.165) is 0 Å². The Labute approximate surface area is 84.5 Å². The van der Waals surface area contributed by atoms with Crippen LogP contribution in [-0.2, 0) is 5.41 Å². The molecule has 1 N–H and O–H groups in total. The van der Waals surface area contributed by atoms with Crippen molar-refractivity contribution in [3.8, 4) is 11.5 Å². The summed E-state index contributed by atoms with van der Waals surface area (Å²) < 4.78 is 5.10. The molecule has 2 rings (SSSR count). The van der Waals surface area contributed by atoms with Gasteiger partial charge in [-0.25, -0.2) is 0 Å². The summed E-state index contributed by atoms with van der Waals surface area (Å²) in [5.74, 6) is 0.801. The van der Waals surface area contributed by atoms with Crippen molar-refractivity contribution in [1.29, 1.82) is 0 Å². The molecule has 0 radical (unpaired) electrons. The van der Waals surface area contributed by atoms with Gasteiger partial charge < -0.3 is 9.84 Å². The van der Waals surface area contributed by atoms with E-state index >= 15 is 0 Å². The first kappa shape index (κ1) is 9.38. The maximum Gasteiger partial charge on any atom is 0.160 e. The van der Waals surface area contributed by atoms with Crippen LogP contribution in [0.15, 0.2) is 18.2 Å². The normalized spacial score (nSPS) is 18.7. The highest BCUT2D eigenvalue weighted by Crippen LogP contribution is 2.45. The van der Waals surface area contributed by atoms with E-state index in [1.807, 2.05) is 12.1 Å². The summed E-state index contributed by atoms with van der Waals surface area (Å²) >= 11 is 0. The molecule has 0 unspecified atom stereocenters. The van der Waals surface area contributed by atoms with Gasteiger partial charge in [0.05, 0.1) is 7.11 Å². The molecule has 2 nitrogen and oxygen atoms in total. The number of ether oxygens (including phenoxy) is 1. The number of phenolic OH excluding ortho intramolecular Hbond substituents is 1. The van der Waals surface area contributed by atoms with Gasteiger partial charge >= 0.3 is 0 Å². The van der Waals surface area contributed by atoms with Crippen LogP contribution in [-0.4, -0.2) is 12.2 Å². The van der Waals surface area contributed by atoms with Crippen LogP contribution >= 0.6 is 0 Å². The van der Waals surface area contributed by atoms with E-state index in [-0.39, 0.29) is 5.75 Å². The molecule has 1 saturated carbocycles. The summed E-state index contributed by atoms with van der Waals surface area (Å²) in [4.78, 5) is 0. The number of aromatic hydroxyl groups is 1. The first-order valence-corrected chi connectivity index (χ1v) is 5.03. The monoisotopic (exact) mass is 192 g/mol. The van der Waals surface area contributed by atoms with Crippen molar-refractivity contribution < 1.29 is 9.84 Å². The molecule has 0 atom stereocenters. The number of methoxy groups -OCH3 is 1. The number of phenols is 1. The molecule has 1 aliphatic carbocycles. The average Bonchev–Trinajstić information content (AvgIpc) is 2.15. The molecule has 0 heterocycles. The lowest BCUT2D eigenvalue weighted by Crippen LogP contribution is -2.30. The molecule has 1 aromatic rings. The molecule has 0 saturated heterocycles. The smallest absolute Gasteiger partial charge is 0.160 e. The van der Waals surface area contributed by atoms with Gasteiger partial charge in [-0.05, 0) is 36.0 Å². The van der Waals surface area contributed by atoms with Crippen molar-refractivity contribution in [3.05, 3.63) is 23.8 Å². The lowest BCUT2D eigenvalue weighted by Gasteiger charge is -2.39. The van der Waals surface area contributed by atoms with Gasteiger partial charge in [0.1, 0.15) is 0 Å². The summed E-state index contributed by atoms with van der Waals surface area (Å²) in [6.07, 6.45) is 3.78. The predicted octanol–water partition coefficient (Wildman–Crippen LogP) is 2.84. The van der Waals surface area contributed by atoms with Crippen LogP contribution in [0.4, 0.5) is 0 Å². The van der Waals surface area contributed by atoms with Crippen molar-refractivity contribution >= 4 is 0 Å². The standard InChI is InChI=1S/C12H16O2/c1-12(6-3-7-12)9-4-5-10(13)11(8-9)14-2/h4-5,8,13H,3,6-7H2,1-2H3. The van der Waals surface area contributed by atoms with E-state index in [1.165, 1.54) is 24.8 Å². The van der Waals surface area contributed by atoms with Crippen molar-refractivity contribution in [1.82, 2.24) is 0 Å². The largest absolute Gasteiger partial charge is 0.504 e. The summed E-state index contributed by atoms with van der Waals surface area (Å²) in [5.41, 5.74) is 1.58. The Hall–Kier alpha value is -1.18. The number of rotatable bonds is 2. The Bertz CT molecular complexity index is 340. The molecular weight excluding hydrogens is 176 g/mol. The molecule has 14 heavy (non-hydrogen) atoms. The molecule has 1 aromatic carbocycles. The Balaban J connectivity index is 2.35. The van der Waals surface area contributed by atoms with E-state index in [0.29, 0.717) is 11.2 Å². The summed E-state index contributed by atoms with van der Waals surface area (Å²) in [7, 11) is 1.59. The second kappa shape index (κ2) is 3.19. The van der Waals surface area contributed by atoms with Crippen molar-refractivity contribution in [2.24, 2.45) is 0 Å². The molecule has 0 aromatic heterocycles. The van der Waals surface area contributed by atoms with E-state index in [4.69, 9.17) is 4.74 Å². The quantitative estimate of drug-likeness (QED) is 0.780. The van der Waals surface area contributed by atoms with Crippen LogP contribution in [0.2, 0.25) is 0 Å². The maximum absolute atomic E-state index is 9.47. The zero-order chi connectivity index (χ0) is 10.2. The Morgan fingerprint density at radius 1 is 1.36 bits per heavy atom. The van der Waals surface area contributed by atoms with Gasteiger partial charge in [0.2, 0.25) is 0 Å². The highest BCUT2D eigenvalue weighted by atomic mass is 16.5. The Kier molecular flexibility index (Phi) is 2.14. The molecule has 1 fully saturated rings. The van der Waals surface area contributed by atoms with E-state index in [2.05, 4.69) is 6.92 Å². The van der Waals surface area contributed by atoms with Gasteiger partial charge in [0.15, 0.2) is 11.5 Å². The number of hydrogen-bond acceptors (Lipinski definition) is 2. The minimum Gasteiger partial charge on any atom is -0.504 e. The molecule has 76 valence electrons. The van der Waals surface area contributed by atoms with Crippen molar-refractivity contribution in [3.63, 3.8) is 0 Å². The van der Waals surface area contributed by atoms with Crippen molar-refractivity contribution in [2.45, 2.75) is 31.6 Å². The zero-order valence-electron chi connectivity index (χ0n) is 8.71. The first-order valence-electron chi connectivity index (χ1n) is 5.03. The predicted molar refractivity (Wildman–Crippen MR) is 55.9 cm³/mol. The van der Waals surface area contributed by atoms with Gasteiger partial charge in [0, 0.05) is 0 Å². The fourth-order valence-corrected chi connectivity index (χ4v) is 2.05. The van der Waals surface area contributed by atoms with Gasteiger partial charge in [-0.3, -0.25) is 0 Å². The molecule has 0 amide bonds. The lowest BCUT2D eigenvalue weighted by atomic mass is 9.66. The SMILES string of the molecule is COc1cc(C2(C)CCC2)ccc1O. The second-order valence-corrected chi connectivity index (χ2v) is 4.30. The van der Waals surface area contributed by atoms with Gasteiger partial charge in [-0.1, -0.05) is 19.4 Å². The summed E-state index contributed by atoms with van der Waals surface area (Å²) in [5, 5.41) is 9.47. The summed E-state index contributed by atoms with van der Waals surface area (Å²) in [6, 6.07) is 5.67.